The van der Waals surface area contributed by atoms with E-state index < -0.39 is 11.8 Å². The van der Waals surface area contributed by atoms with Crippen LogP contribution in [-0.2, 0) is 16.1 Å². The van der Waals surface area contributed by atoms with Crippen LogP contribution in [0.1, 0.15) is 16.7 Å². The number of carbonyl (C=O) groups is 2. The summed E-state index contributed by atoms with van der Waals surface area (Å²) in [5.74, 6) is 0.755. The van der Waals surface area contributed by atoms with E-state index in [9.17, 15) is 9.59 Å². The van der Waals surface area contributed by atoms with Crippen LogP contribution in [0.2, 0.25) is 0 Å². The molecule has 7 nitrogen and oxygen atoms in total. The van der Waals surface area contributed by atoms with Gasteiger partial charge in [-0.1, -0.05) is 48.0 Å². The number of hydrogen-bond donors (Lipinski definition) is 1. The number of ether oxygens (including phenoxy) is 3. The molecule has 0 bridgehead atoms. The van der Waals surface area contributed by atoms with Crippen LogP contribution in [-0.4, -0.2) is 38.0 Å². The molecule has 1 N–H and O–H groups in total. The minimum atomic E-state index is -0.427. The molecule has 0 saturated carbocycles. The van der Waals surface area contributed by atoms with Crippen molar-refractivity contribution in [1.29, 1.82) is 0 Å². The average molecular weight is 459 g/mol. The third-order valence-electron chi connectivity index (χ3n) is 5.67. The first kappa shape index (κ1) is 22.9. The van der Waals surface area contributed by atoms with Crippen molar-refractivity contribution in [2.24, 2.45) is 0 Å². The summed E-state index contributed by atoms with van der Waals surface area (Å²) in [4.78, 5) is 28.4. The molecule has 0 unspecified atom stereocenters. The fraction of sp³-hybridized carbons (Fsp3) is 0.185. The second-order valence-electron chi connectivity index (χ2n) is 7.82. The first-order chi connectivity index (χ1) is 16.5. The molecule has 0 saturated heterocycles. The van der Waals surface area contributed by atoms with Crippen LogP contribution in [0.3, 0.4) is 0 Å². The molecule has 1 aliphatic heterocycles. The van der Waals surface area contributed by atoms with E-state index in [0.717, 1.165) is 11.1 Å². The van der Waals surface area contributed by atoms with Crippen LogP contribution in [0.5, 0.6) is 17.2 Å². The van der Waals surface area contributed by atoms with Crippen molar-refractivity contribution in [2.45, 2.75) is 13.5 Å². The molecule has 0 fully saturated rings. The molecular weight excluding hydrogens is 432 g/mol. The summed E-state index contributed by atoms with van der Waals surface area (Å²) in [6, 6.07) is 20.1. The third kappa shape index (κ3) is 4.32. The normalized spacial score (nSPS) is 13.4. The second-order valence-corrected chi connectivity index (χ2v) is 7.82. The number of anilines is 1. The average Bonchev–Trinajstić information content (AvgIpc) is 3.09. The van der Waals surface area contributed by atoms with Gasteiger partial charge in [0.1, 0.15) is 22.9 Å². The highest BCUT2D eigenvalue weighted by molar-refractivity contribution is 6.37. The van der Waals surface area contributed by atoms with Crippen molar-refractivity contribution in [1.82, 2.24) is 4.90 Å². The van der Waals surface area contributed by atoms with E-state index in [1.54, 1.807) is 43.5 Å². The predicted octanol–water partition coefficient (Wildman–Crippen LogP) is 4.41. The molecule has 2 amide bonds. The van der Waals surface area contributed by atoms with E-state index in [0.29, 0.717) is 28.5 Å². The fourth-order valence-corrected chi connectivity index (χ4v) is 3.85. The van der Waals surface area contributed by atoms with Gasteiger partial charge >= 0.3 is 0 Å². The number of hydrogen-bond acceptors (Lipinski definition) is 6. The number of rotatable bonds is 8. The topological polar surface area (TPSA) is 77.1 Å². The Labute approximate surface area is 198 Å². The Morgan fingerprint density at radius 1 is 0.794 bits per heavy atom. The first-order valence-corrected chi connectivity index (χ1v) is 10.7. The van der Waals surface area contributed by atoms with E-state index in [1.807, 2.05) is 37.3 Å². The summed E-state index contributed by atoms with van der Waals surface area (Å²) in [6.07, 6.45) is 0. The summed E-state index contributed by atoms with van der Waals surface area (Å²) in [5, 5.41) is 3.15. The smallest absolute Gasteiger partial charge is 0.278 e. The van der Waals surface area contributed by atoms with E-state index >= 15 is 0 Å². The van der Waals surface area contributed by atoms with Crippen molar-refractivity contribution in [3.05, 3.63) is 89.1 Å². The molecule has 174 valence electrons. The number of nitrogens with zero attached hydrogens (tertiary/aromatic N) is 1. The number of para-hydroxylation sites is 1. The number of imide groups is 1. The van der Waals surface area contributed by atoms with Gasteiger partial charge in [0.05, 0.1) is 39.1 Å². The van der Waals surface area contributed by atoms with Crippen LogP contribution in [0, 0.1) is 6.92 Å². The van der Waals surface area contributed by atoms with Crippen LogP contribution >= 0.6 is 0 Å². The van der Waals surface area contributed by atoms with Gasteiger partial charge in [0.25, 0.3) is 11.8 Å². The number of benzene rings is 3. The van der Waals surface area contributed by atoms with Gasteiger partial charge in [-0.15, -0.1) is 0 Å². The molecular formula is C27H26N2O5. The number of amides is 2. The number of carbonyl (C=O) groups excluding carboxylic acids is 2. The van der Waals surface area contributed by atoms with Gasteiger partial charge in [0.15, 0.2) is 0 Å². The molecule has 7 heteroatoms. The second kappa shape index (κ2) is 9.70. The standard InChI is InChI=1S/C27H26N2O5/c1-17-9-11-18(12-10-17)16-29-26(30)24(20-7-5-6-8-22(20)33-3)25(27(29)31)28-21-14-13-19(32-2)15-23(21)34-4/h5-15,28H,16H2,1-4H3. The Kier molecular flexibility index (Phi) is 6.54. The highest BCUT2D eigenvalue weighted by atomic mass is 16.5. The molecule has 3 aromatic carbocycles. The van der Waals surface area contributed by atoms with E-state index in [-0.39, 0.29) is 17.8 Å². The lowest BCUT2D eigenvalue weighted by Crippen LogP contribution is -2.32. The molecule has 34 heavy (non-hydrogen) atoms. The number of nitrogens with one attached hydrogen (secondary N) is 1. The largest absolute Gasteiger partial charge is 0.497 e. The maximum Gasteiger partial charge on any atom is 0.278 e. The van der Waals surface area contributed by atoms with Gasteiger partial charge in [0.2, 0.25) is 0 Å². The van der Waals surface area contributed by atoms with Gasteiger partial charge in [-0.2, -0.15) is 0 Å². The van der Waals surface area contributed by atoms with Crippen LogP contribution < -0.4 is 19.5 Å². The Morgan fingerprint density at radius 3 is 2.18 bits per heavy atom. The molecule has 1 heterocycles. The van der Waals surface area contributed by atoms with Crippen LogP contribution in [0.15, 0.2) is 72.4 Å². The predicted molar refractivity (Wildman–Crippen MR) is 130 cm³/mol. The molecule has 0 radical (unpaired) electrons. The van der Waals surface area contributed by atoms with Gasteiger partial charge in [-0.05, 0) is 30.7 Å². The van der Waals surface area contributed by atoms with E-state index in [2.05, 4.69) is 5.32 Å². The maximum absolute atomic E-state index is 13.6. The zero-order chi connectivity index (χ0) is 24.2. The fourth-order valence-electron chi connectivity index (χ4n) is 3.85. The molecule has 0 aliphatic carbocycles. The first-order valence-electron chi connectivity index (χ1n) is 10.7. The van der Waals surface area contributed by atoms with Crippen LogP contribution in [0.25, 0.3) is 5.57 Å². The van der Waals surface area contributed by atoms with Gasteiger partial charge in [-0.25, -0.2) is 0 Å². The van der Waals surface area contributed by atoms with Crippen molar-refractivity contribution in [2.75, 3.05) is 26.6 Å². The molecule has 0 spiro atoms. The molecule has 4 rings (SSSR count). The van der Waals surface area contributed by atoms with Gasteiger partial charge in [0, 0.05) is 11.6 Å². The van der Waals surface area contributed by atoms with Gasteiger partial charge < -0.3 is 19.5 Å². The number of methoxy groups -OCH3 is 3. The maximum atomic E-state index is 13.6. The SMILES string of the molecule is COc1ccc(NC2=C(c3ccccc3OC)C(=O)N(Cc3ccc(C)cc3)C2=O)c(OC)c1. The van der Waals surface area contributed by atoms with Crippen molar-refractivity contribution in [3.63, 3.8) is 0 Å². The molecule has 1 aliphatic rings. The van der Waals surface area contributed by atoms with Gasteiger partial charge in [-0.3, -0.25) is 14.5 Å². The summed E-state index contributed by atoms with van der Waals surface area (Å²) in [6.45, 7) is 2.14. The van der Waals surface area contributed by atoms with E-state index in [1.165, 1.54) is 19.1 Å². The van der Waals surface area contributed by atoms with Crippen molar-refractivity contribution < 1.29 is 23.8 Å². The van der Waals surface area contributed by atoms with Crippen molar-refractivity contribution >= 4 is 23.1 Å². The minimum absolute atomic E-state index is 0.154. The Hall–Kier alpha value is -4.26. The lowest BCUT2D eigenvalue weighted by atomic mass is 10.0. The zero-order valence-corrected chi connectivity index (χ0v) is 19.5. The highest BCUT2D eigenvalue weighted by Gasteiger charge is 2.40. The van der Waals surface area contributed by atoms with Crippen molar-refractivity contribution in [3.8, 4) is 17.2 Å². The van der Waals surface area contributed by atoms with E-state index in [4.69, 9.17) is 14.2 Å². The monoisotopic (exact) mass is 458 g/mol. The molecule has 0 atom stereocenters. The molecule has 0 aromatic heterocycles. The highest BCUT2D eigenvalue weighted by Crippen LogP contribution is 2.38. The molecule has 3 aromatic rings. The lowest BCUT2D eigenvalue weighted by molar-refractivity contribution is -0.137. The van der Waals surface area contributed by atoms with Crippen LogP contribution in [0.4, 0.5) is 5.69 Å². The summed E-state index contributed by atoms with van der Waals surface area (Å²) in [7, 11) is 4.62. The summed E-state index contributed by atoms with van der Waals surface area (Å²) >= 11 is 0. The Morgan fingerprint density at radius 2 is 1.50 bits per heavy atom. The summed E-state index contributed by atoms with van der Waals surface area (Å²) < 4.78 is 16.2. The third-order valence-corrected chi connectivity index (χ3v) is 5.67. The summed E-state index contributed by atoms with van der Waals surface area (Å²) in [5.41, 5.74) is 3.42. The minimum Gasteiger partial charge on any atom is -0.497 e. The quantitative estimate of drug-likeness (QED) is 0.504. The number of aryl methyl sites for hydroxylation is 1. The lowest BCUT2D eigenvalue weighted by Gasteiger charge is -2.16. The Balaban J connectivity index is 1.79. The zero-order valence-electron chi connectivity index (χ0n) is 19.5. The Bertz CT molecular complexity index is 1260.